The van der Waals surface area contributed by atoms with Gasteiger partial charge in [-0.2, -0.15) is 0 Å². The number of aromatic nitrogens is 2. The number of fused-ring (bicyclic) bond motifs is 3. The summed E-state index contributed by atoms with van der Waals surface area (Å²) >= 11 is 0. The van der Waals surface area contributed by atoms with Crippen molar-refractivity contribution in [2.75, 3.05) is 7.11 Å². The summed E-state index contributed by atoms with van der Waals surface area (Å²) in [5.74, 6) is 0.967. The first-order chi connectivity index (χ1) is 16.5. The predicted octanol–water partition coefficient (Wildman–Crippen LogP) is 6.45. The van der Waals surface area contributed by atoms with Crippen LogP contribution in [-0.2, 0) is 6.54 Å². The molecule has 0 radical (unpaired) electrons. The second-order valence-corrected chi connectivity index (χ2v) is 8.72. The number of H-pyrrole nitrogens is 1. The summed E-state index contributed by atoms with van der Waals surface area (Å²) in [5.41, 5.74) is 6.26. The van der Waals surface area contributed by atoms with Crippen LogP contribution in [0.1, 0.15) is 41.4 Å². The van der Waals surface area contributed by atoms with Crippen molar-refractivity contribution in [2.24, 2.45) is 0 Å². The number of amides is 1. The average Bonchev–Trinajstić information content (AvgIpc) is 3.25. The molecule has 0 saturated carbocycles. The van der Waals surface area contributed by atoms with Crippen molar-refractivity contribution in [1.82, 2.24) is 15.3 Å². The first kappa shape index (κ1) is 21.7. The minimum Gasteiger partial charge on any atom is -0.496 e. The number of pyridine rings is 1. The number of ether oxygens (including phenoxy) is 1. The number of methoxy groups -OCH3 is 1. The number of carbonyl (C=O) groups excluding carboxylic acids is 1. The molecule has 0 spiro atoms. The number of carbonyl (C=O) groups is 1. The Morgan fingerprint density at radius 2 is 1.71 bits per heavy atom. The fourth-order valence-corrected chi connectivity index (χ4v) is 4.31. The molecule has 1 amide bonds. The van der Waals surface area contributed by atoms with Crippen LogP contribution in [0.5, 0.6) is 5.75 Å². The summed E-state index contributed by atoms with van der Waals surface area (Å²) in [6, 6.07) is 26.1. The van der Waals surface area contributed by atoms with Gasteiger partial charge in [0.05, 0.1) is 18.3 Å². The molecule has 3 aromatic carbocycles. The van der Waals surface area contributed by atoms with E-state index in [1.54, 1.807) is 7.11 Å². The van der Waals surface area contributed by atoms with Gasteiger partial charge in [0.15, 0.2) is 0 Å². The third kappa shape index (κ3) is 4.01. The molecule has 5 aromatic rings. The topological polar surface area (TPSA) is 67.0 Å². The fraction of sp³-hybridized carbons (Fsp3) is 0.172. The minimum absolute atomic E-state index is 0.224. The first-order valence-corrected chi connectivity index (χ1v) is 11.5. The van der Waals surface area contributed by atoms with Crippen molar-refractivity contribution in [3.8, 4) is 17.0 Å². The third-order valence-corrected chi connectivity index (χ3v) is 6.21. The van der Waals surface area contributed by atoms with E-state index in [0.29, 0.717) is 18.2 Å². The summed E-state index contributed by atoms with van der Waals surface area (Å²) in [6.07, 6.45) is 0. The zero-order valence-electron chi connectivity index (χ0n) is 19.6. The molecule has 0 unspecified atom stereocenters. The predicted molar refractivity (Wildman–Crippen MR) is 137 cm³/mol. The zero-order chi connectivity index (χ0) is 23.7. The molecular formula is C29H27N3O2. The van der Waals surface area contributed by atoms with E-state index in [-0.39, 0.29) is 5.91 Å². The summed E-state index contributed by atoms with van der Waals surface area (Å²) in [6.45, 7) is 4.71. The minimum atomic E-state index is -0.224. The highest BCUT2D eigenvalue weighted by molar-refractivity contribution is 6.13. The van der Waals surface area contributed by atoms with Crippen LogP contribution >= 0.6 is 0 Å². The molecule has 0 aliphatic rings. The van der Waals surface area contributed by atoms with E-state index in [2.05, 4.69) is 54.5 Å². The molecule has 34 heavy (non-hydrogen) atoms. The Bertz CT molecular complexity index is 1480. The summed E-state index contributed by atoms with van der Waals surface area (Å²) < 4.78 is 5.41. The van der Waals surface area contributed by atoms with Crippen LogP contribution in [0.4, 0.5) is 0 Å². The quantitative estimate of drug-likeness (QED) is 0.313. The van der Waals surface area contributed by atoms with E-state index >= 15 is 0 Å². The Kier molecular flexibility index (Phi) is 5.76. The fourth-order valence-electron chi connectivity index (χ4n) is 4.31. The molecular weight excluding hydrogens is 422 g/mol. The summed E-state index contributed by atoms with van der Waals surface area (Å²) in [5, 5.41) is 5.06. The Labute approximate surface area is 198 Å². The molecule has 5 heteroatoms. The number of aromatic amines is 1. The molecule has 0 atom stereocenters. The van der Waals surface area contributed by atoms with Gasteiger partial charge in [-0.15, -0.1) is 0 Å². The molecule has 0 saturated heterocycles. The van der Waals surface area contributed by atoms with Crippen molar-refractivity contribution < 1.29 is 9.53 Å². The molecule has 170 valence electrons. The summed E-state index contributed by atoms with van der Waals surface area (Å²) in [7, 11) is 1.63. The lowest BCUT2D eigenvalue weighted by Crippen LogP contribution is -2.24. The maximum atomic E-state index is 13.2. The Morgan fingerprint density at radius 3 is 2.47 bits per heavy atom. The van der Waals surface area contributed by atoms with Crippen molar-refractivity contribution in [2.45, 2.75) is 26.3 Å². The number of rotatable bonds is 6. The largest absolute Gasteiger partial charge is 0.496 e. The van der Waals surface area contributed by atoms with Crippen molar-refractivity contribution >= 4 is 27.7 Å². The van der Waals surface area contributed by atoms with E-state index in [4.69, 9.17) is 9.72 Å². The van der Waals surface area contributed by atoms with Crippen molar-refractivity contribution in [3.63, 3.8) is 0 Å². The Morgan fingerprint density at radius 1 is 0.971 bits per heavy atom. The Hall–Kier alpha value is -4.12. The van der Waals surface area contributed by atoms with E-state index in [1.165, 1.54) is 5.56 Å². The van der Waals surface area contributed by atoms with Gasteiger partial charge in [-0.25, -0.2) is 4.98 Å². The lowest BCUT2D eigenvalue weighted by Gasteiger charge is -2.11. The molecule has 0 aliphatic carbocycles. The smallest absolute Gasteiger partial charge is 0.270 e. The number of para-hydroxylation sites is 2. The lowest BCUT2D eigenvalue weighted by atomic mass is 9.99. The monoisotopic (exact) mass is 449 g/mol. The third-order valence-electron chi connectivity index (χ3n) is 6.21. The highest BCUT2D eigenvalue weighted by Crippen LogP contribution is 2.33. The molecule has 2 heterocycles. The van der Waals surface area contributed by atoms with Gasteiger partial charge in [-0.05, 0) is 29.7 Å². The highest BCUT2D eigenvalue weighted by atomic mass is 16.5. The Balaban J connectivity index is 1.58. The second kappa shape index (κ2) is 9.02. The van der Waals surface area contributed by atoms with Gasteiger partial charge in [-0.1, -0.05) is 74.5 Å². The van der Waals surface area contributed by atoms with Crippen LogP contribution in [0.2, 0.25) is 0 Å². The molecule has 0 fully saturated rings. The molecule has 2 N–H and O–H groups in total. The number of hydrogen-bond donors (Lipinski definition) is 2. The molecule has 0 aliphatic heterocycles. The SMILES string of the molecule is COc1ccccc1CNC(=O)c1cc2c([nH]c3ccccc32)c(-c2ccc(C(C)C)cc2)n1. The van der Waals surface area contributed by atoms with E-state index in [9.17, 15) is 4.79 Å². The van der Waals surface area contributed by atoms with E-state index in [1.807, 2.05) is 48.5 Å². The van der Waals surface area contributed by atoms with E-state index in [0.717, 1.165) is 44.4 Å². The van der Waals surface area contributed by atoms with Gasteiger partial charge in [-0.3, -0.25) is 4.79 Å². The second-order valence-electron chi connectivity index (χ2n) is 8.72. The number of benzene rings is 3. The maximum Gasteiger partial charge on any atom is 0.270 e. The number of hydrogen-bond acceptors (Lipinski definition) is 3. The van der Waals surface area contributed by atoms with Gasteiger partial charge in [0.25, 0.3) is 5.91 Å². The summed E-state index contributed by atoms with van der Waals surface area (Å²) in [4.78, 5) is 21.6. The zero-order valence-corrected chi connectivity index (χ0v) is 19.6. The van der Waals surface area contributed by atoms with Crippen LogP contribution in [0.25, 0.3) is 33.1 Å². The highest BCUT2D eigenvalue weighted by Gasteiger charge is 2.17. The standard InChI is InChI=1S/C29H27N3O2/c1-18(2)19-12-14-20(15-13-19)27-28-23(22-9-5-6-10-24(22)31-28)16-25(32-27)29(33)30-17-21-8-4-7-11-26(21)34-3/h4-16,18,31H,17H2,1-3H3,(H,30,33). The van der Waals surface area contributed by atoms with Gasteiger partial charge in [0, 0.05) is 34.0 Å². The first-order valence-electron chi connectivity index (χ1n) is 11.5. The molecule has 5 nitrogen and oxygen atoms in total. The number of nitrogens with zero attached hydrogens (tertiary/aromatic N) is 1. The van der Waals surface area contributed by atoms with Crippen LogP contribution < -0.4 is 10.1 Å². The average molecular weight is 450 g/mol. The normalized spacial score (nSPS) is 11.3. The van der Waals surface area contributed by atoms with E-state index < -0.39 is 0 Å². The van der Waals surface area contributed by atoms with Crippen molar-refractivity contribution in [3.05, 3.63) is 95.7 Å². The number of nitrogens with one attached hydrogen (secondary N) is 2. The molecule has 0 bridgehead atoms. The van der Waals surface area contributed by atoms with Gasteiger partial charge in [0.1, 0.15) is 11.4 Å². The van der Waals surface area contributed by atoms with Crippen LogP contribution in [0.3, 0.4) is 0 Å². The van der Waals surface area contributed by atoms with Crippen LogP contribution in [0, 0.1) is 0 Å². The molecule has 2 aromatic heterocycles. The van der Waals surface area contributed by atoms with Crippen LogP contribution in [-0.4, -0.2) is 23.0 Å². The lowest BCUT2D eigenvalue weighted by molar-refractivity contribution is 0.0946. The molecule has 5 rings (SSSR count). The van der Waals surface area contributed by atoms with Crippen LogP contribution in [0.15, 0.2) is 78.9 Å². The van der Waals surface area contributed by atoms with Gasteiger partial charge < -0.3 is 15.0 Å². The van der Waals surface area contributed by atoms with Crippen molar-refractivity contribution in [1.29, 1.82) is 0 Å². The van der Waals surface area contributed by atoms with Gasteiger partial charge >= 0.3 is 0 Å². The maximum absolute atomic E-state index is 13.2. The van der Waals surface area contributed by atoms with Gasteiger partial charge in [0.2, 0.25) is 0 Å².